The molecule has 0 spiro atoms. The van der Waals surface area contributed by atoms with E-state index in [1.165, 1.54) is 17.9 Å². The third kappa shape index (κ3) is 12.3. The van der Waals surface area contributed by atoms with Gasteiger partial charge in [0.25, 0.3) is 0 Å². The molecule has 0 aliphatic heterocycles. The molecule has 80 valence electrons. The van der Waals surface area contributed by atoms with E-state index in [2.05, 4.69) is 12.2 Å². The van der Waals surface area contributed by atoms with Gasteiger partial charge >= 0.3 is 0 Å². The molecule has 0 aromatic carbocycles. The summed E-state index contributed by atoms with van der Waals surface area (Å²) in [6.45, 7) is 8.23. The highest BCUT2D eigenvalue weighted by Gasteiger charge is 1.89. The van der Waals surface area contributed by atoms with Gasteiger partial charge in [-0.2, -0.15) is 11.8 Å². The van der Waals surface area contributed by atoms with Gasteiger partial charge in [0.1, 0.15) is 0 Å². The second-order valence-electron chi connectivity index (χ2n) is 2.85. The summed E-state index contributed by atoms with van der Waals surface area (Å²) >= 11 is 2.02. The van der Waals surface area contributed by atoms with Gasteiger partial charge in [-0.25, -0.2) is 0 Å². The third-order valence-electron chi connectivity index (χ3n) is 1.69. The zero-order chi connectivity index (χ0) is 9.78. The fourth-order valence-electron chi connectivity index (χ4n) is 1.01. The van der Waals surface area contributed by atoms with Crippen LogP contribution in [0.15, 0.2) is 0 Å². The highest BCUT2D eigenvalue weighted by atomic mass is 32.2. The van der Waals surface area contributed by atoms with Crippen LogP contribution in [0.5, 0.6) is 0 Å². The zero-order valence-corrected chi connectivity index (χ0v) is 9.79. The predicted molar refractivity (Wildman–Crippen MR) is 61.6 cm³/mol. The summed E-state index contributed by atoms with van der Waals surface area (Å²) < 4.78 is 5.23. The molecular formula is C10H23NOS. The maximum Gasteiger partial charge on any atom is 0.0477 e. The molecule has 0 unspecified atom stereocenters. The maximum atomic E-state index is 5.23. The van der Waals surface area contributed by atoms with Gasteiger partial charge < -0.3 is 10.1 Å². The van der Waals surface area contributed by atoms with E-state index in [1.807, 2.05) is 18.7 Å². The van der Waals surface area contributed by atoms with Crippen molar-refractivity contribution in [3.8, 4) is 0 Å². The molecule has 2 nitrogen and oxygen atoms in total. The largest absolute Gasteiger partial charge is 0.382 e. The topological polar surface area (TPSA) is 21.3 Å². The number of hydrogen-bond acceptors (Lipinski definition) is 3. The molecule has 0 saturated carbocycles. The number of thioether (sulfide) groups is 1. The van der Waals surface area contributed by atoms with E-state index in [-0.39, 0.29) is 0 Å². The van der Waals surface area contributed by atoms with Crippen molar-refractivity contribution in [2.75, 3.05) is 37.8 Å². The summed E-state index contributed by atoms with van der Waals surface area (Å²) in [6, 6.07) is 0. The van der Waals surface area contributed by atoms with Crippen LogP contribution in [0.3, 0.4) is 0 Å². The number of ether oxygens (including phenoxy) is 1. The maximum absolute atomic E-state index is 5.23. The Morgan fingerprint density at radius 2 is 1.92 bits per heavy atom. The van der Waals surface area contributed by atoms with Gasteiger partial charge in [-0.1, -0.05) is 6.92 Å². The molecule has 0 bridgehead atoms. The molecule has 0 fully saturated rings. The van der Waals surface area contributed by atoms with Crippen LogP contribution in [-0.4, -0.2) is 37.8 Å². The van der Waals surface area contributed by atoms with Crippen LogP contribution in [-0.2, 0) is 4.74 Å². The lowest BCUT2D eigenvalue weighted by Crippen LogP contribution is -2.18. The van der Waals surface area contributed by atoms with E-state index in [0.717, 1.165) is 32.7 Å². The molecular weight excluding hydrogens is 182 g/mol. The molecule has 1 N–H and O–H groups in total. The Bertz CT molecular complexity index is 81.0. The van der Waals surface area contributed by atoms with Crippen molar-refractivity contribution < 1.29 is 4.74 Å². The second-order valence-corrected chi connectivity index (χ2v) is 4.24. The molecule has 0 heterocycles. The molecule has 0 radical (unpaired) electrons. The van der Waals surface area contributed by atoms with Gasteiger partial charge in [0.2, 0.25) is 0 Å². The first-order valence-corrected chi connectivity index (χ1v) is 6.43. The van der Waals surface area contributed by atoms with Crippen molar-refractivity contribution in [3.63, 3.8) is 0 Å². The Hall–Kier alpha value is 0.270. The lowest BCUT2D eigenvalue weighted by atomic mass is 10.4. The van der Waals surface area contributed by atoms with Gasteiger partial charge in [-0.05, 0) is 44.4 Å². The molecule has 0 aliphatic rings. The second kappa shape index (κ2) is 12.3. The standard InChI is InChI=1S/C10H23NOS/c1-3-12-9-5-7-11-8-6-10-13-4-2/h11H,3-10H2,1-2H3. The van der Waals surface area contributed by atoms with Crippen LogP contribution >= 0.6 is 11.8 Å². The highest BCUT2D eigenvalue weighted by molar-refractivity contribution is 7.99. The van der Waals surface area contributed by atoms with Crippen LogP contribution in [0, 0.1) is 0 Å². The lowest BCUT2D eigenvalue weighted by Gasteiger charge is -2.04. The molecule has 13 heavy (non-hydrogen) atoms. The van der Waals surface area contributed by atoms with E-state index < -0.39 is 0 Å². The average molecular weight is 205 g/mol. The summed E-state index contributed by atoms with van der Waals surface area (Å²) in [6.07, 6.45) is 2.42. The molecule has 0 rings (SSSR count). The molecule has 0 aromatic rings. The number of nitrogens with one attached hydrogen (secondary N) is 1. The summed E-state index contributed by atoms with van der Waals surface area (Å²) in [7, 11) is 0. The first-order chi connectivity index (χ1) is 6.41. The van der Waals surface area contributed by atoms with Crippen molar-refractivity contribution in [3.05, 3.63) is 0 Å². The van der Waals surface area contributed by atoms with Gasteiger partial charge in [-0.15, -0.1) is 0 Å². The molecule has 0 aromatic heterocycles. The van der Waals surface area contributed by atoms with Crippen molar-refractivity contribution in [2.24, 2.45) is 0 Å². The smallest absolute Gasteiger partial charge is 0.0477 e. The number of hydrogen-bond donors (Lipinski definition) is 1. The average Bonchev–Trinajstić information content (AvgIpc) is 2.16. The Morgan fingerprint density at radius 3 is 2.62 bits per heavy atom. The molecule has 0 aliphatic carbocycles. The highest BCUT2D eigenvalue weighted by Crippen LogP contribution is 1.99. The summed E-state index contributed by atoms with van der Waals surface area (Å²) in [5, 5.41) is 3.41. The van der Waals surface area contributed by atoms with Crippen LogP contribution in [0.2, 0.25) is 0 Å². The predicted octanol–water partition coefficient (Wildman–Crippen LogP) is 2.15. The van der Waals surface area contributed by atoms with Crippen molar-refractivity contribution in [1.29, 1.82) is 0 Å². The van der Waals surface area contributed by atoms with Crippen molar-refractivity contribution >= 4 is 11.8 Å². The van der Waals surface area contributed by atoms with E-state index in [1.54, 1.807) is 0 Å². The first kappa shape index (κ1) is 13.3. The molecule has 0 saturated heterocycles. The lowest BCUT2D eigenvalue weighted by molar-refractivity contribution is 0.145. The van der Waals surface area contributed by atoms with Crippen LogP contribution in [0.25, 0.3) is 0 Å². The molecule has 3 heteroatoms. The van der Waals surface area contributed by atoms with Gasteiger partial charge in [0.05, 0.1) is 0 Å². The van der Waals surface area contributed by atoms with E-state index >= 15 is 0 Å². The quantitative estimate of drug-likeness (QED) is 0.552. The normalized spacial score (nSPS) is 10.6. The Balaban J connectivity index is 2.76. The van der Waals surface area contributed by atoms with E-state index in [0.29, 0.717) is 0 Å². The van der Waals surface area contributed by atoms with Crippen molar-refractivity contribution in [2.45, 2.75) is 26.7 Å². The Morgan fingerprint density at radius 1 is 1.15 bits per heavy atom. The van der Waals surface area contributed by atoms with Gasteiger partial charge in [0, 0.05) is 13.2 Å². The fourth-order valence-corrected chi connectivity index (χ4v) is 1.65. The summed E-state index contributed by atoms with van der Waals surface area (Å²) in [5.41, 5.74) is 0. The third-order valence-corrected chi connectivity index (χ3v) is 2.68. The minimum atomic E-state index is 0.840. The van der Waals surface area contributed by atoms with Crippen LogP contribution < -0.4 is 5.32 Å². The van der Waals surface area contributed by atoms with Gasteiger partial charge in [0.15, 0.2) is 0 Å². The van der Waals surface area contributed by atoms with E-state index in [9.17, 15) is 0 Å². The van der Waals surface area contributed by atoms with Crippen LogP contribution in [0.4, 0.5) is 0 Å². The molecule has 0 atom stereocenters. The summed E-state index contributed by atoms with van der Waals surface area (Å²) in [5.74, 6) is 2.53. The minimum absolute atomic E-state index is 0.840. The zero-order valence-electron chi connectivity index (χ0n) is 8.97. The minimum Gasteiger partial charge on any atom is -0.382 e. The Labute approximate surface area is 86.8 Å². The molecule has 0 amide bonds. The van der Waals surface area contributed by atoms with E-state index in [4.69, 9.17) is 4.74 Å². The summed E-state index contributed by atoms with van der Waals surface area (Å²) in [4.78, 5) is 0. The number of rotatable bonds is 10. The SMILES string of the molecule is CCOCCCNCCCSCC. The fraction of sp³-hybridized carbons (Fsp3) is 1.00. The monoisotopic (exact) mass is 205 g/mol. The first-order valence-electron chi connectivity index (χ1n) is 5.28. The van der Waals surface area contributed by atoms with Crippen LogP contribution in [0.1, 0.15) is 26.7 Å². The van der Waals surface area contributed by atoms with Gasteiger partial charge in [-0.3, -0.25) is 0 Å². The van der Waals surface area contributed by atoms with Crippen molar-refractivity contribution in [1.82, 2.24) is 5.32 Å². The Kier molecular flexibility index (Phi) is 12.5.